The van der Waals surface area contributed by atoms with E-state index in [2.05, 4.69) is 21.2 Å². The van der Waals surface area contributed by atoms with E-state index in [1.165, 1.54) is 0 Å². The summed E-state index contributed by atoms with van der Waals surface area (Å²) in [6, 6.07) is 5.73. The first kappa shape index (κ1) is 17.5. The van der Waals surface area contributed by atoms with Crippen LogP contribution in [0.1, 0.15) is 17.5 Å². The van der Waals surface area contributed by atoms with Gasteiger partial charge in [-0.3, -0.25) is 14.4 Å². The van der Waals surface area contributed by atoms with Crippen molar-refractivity contribution in [2.75, 3.05) is 11.9 Å². The zero-order valence-corrected chi connectivity index (χ0v) is 16.1. The van der Waals surface area contributed by atoms with E-state index < -0.39 is 17.8 Å². The number of para-hydroxylation sites is 1. The largest absolute Gasteiger partial charge is 0.461 e. The summed E-state index contributed by atoms with van der Waals surface area (Å²) in [5, 5.41) is 2.79. The van der Waals surface area contributed by atoms with Crippen LogP contribution in [0, 0.1) is 37.5 Å². The van der Waals surface area contributed by atoms with Gasteiger partial charge < -0.3 is 14.8 Å². The lowest BCUT2D eigenvalue weighted by atomic mass is 9.80. The standard InChI is InChI=1S/C19H20BrNO5/c1-8-4-3-5-9(2)16(8)21-12(22)7-25-18(23)13-10-6-11-14(13)19(24)26-17(11)15(10)20/h3-5,10-11,13-15,17H,6-7H2,1-2H3,(H,21,22)/t10-,11-,13-,14+,15-,17+/m1/s1. The minimum absolute atomic E-state index is 0.0174. The molecule has 3 aliphatic rings. The Morgan fingerprint density at radius 3 is 2.65 bits per heavy atom. The second-order valence-corrected chi connectivity index (χ2v) is 8.44. The highest BCUT2D eigenvalue weighted by molar-refractivity contribution is 9.09. The van der Waals surface area contributed by atoms with Crippen LogP contribution in [0.5, 0.6) is 0 Å². The predicted molar refractivity (Wildman–Crippen MR) is 96.7 cm³/mol. The fourth-order valence-corrected chi connectivity index (χ4v) is 5.76. The number of hydrogen-bond acceptors (Lipinski definition) is 5. The second kappa shape index (κ2) is 6.37. The van der Waals surface area contributed by atoms with Gasteiger partial charge in [-0.2, -0.15) is 0 Å². The van der Waals surface area contributed by atoms with Crippen molar-refractivity contribution in [3.05, 3.63) is 29.3 Å². The molecule has 1 amide bonds. The molecule has 3 fully saturated rings. The van der Waals surface area contributed by atoms with E-state index in [4.69, 9.17) is 9.47 Å². The molecule has 4 rings (SSSR count). The number of rotatable bonds is 4. The van der Waals surface area contributed by atoms with Crippen LogP contribution >= 0.6 is 15.9 Å². The Labute approximate surface area is 159 Å². The van der Waals surface area contributed by atoms with Gasteiger partial charge in [0.15, 0.2) is 6.61 Å². The Hall–Kier alpha value is -1.89. The van der Waals surface area contributed by atoms with Gasteiger partial charge in [-0.15, -0.1) is 0 Å². The molecule has 1 heterocycles. The maximum absolute atomic E-state index is 12.6. The third kappa shape index (κ3) is 2.64. The third-order valence-corrected chi connectivity index (χ3v) is 7.09. The lowest BCUT2D eigenvalue weighted by Crippen LogP contribution is -2.39. The van der Waals surface area contributed by atoms with Gasteiger partial charge in [-0.1, -0.05) is 34.1 Å². The van der Waals surface area contributed by atoms with Gasteiger partial charge in [0.2, 0.25) is 0 Å². The summed E-state index contributed by atoms with van der Waals surface area (Å²) in [7, 11) is 0. The molecule has 1 N–H and O–H groups in total. The topological polar surface area (TPSA) is 81.7 Å². The number of carbonyl (C=O) groups is 3. The summed E-state index contributed by atoms with van der Waals surface area (Å²) in [5.74, 6) is -2.03. The van der Waals surface area contributed by atoms with Crippen molar-refractivity contribution < 1.29 is 23.9 Å². The maximum atomic E-state index is 12.6. The molecule has 2 aliphatic carbocycles. The van der Waals surface area contributed by atoms with Gasteiger partial charge in [0, 0.05) is 11.6 Å². The molecule has 0 aromatic heterocycles. The number of hydrogen-bond donors (Lipinski definition) is 1. The zero-order chi connectivity index (χ0) is 18.6. The van der Waals surface area contributed by atoms with E-state index >= 15 is 0 Å². The molecule has 1 aromatic carbocycles. The van der Waals surface area contributed by atoms with Crippen molar-refractivity contribution in [1.29, 1.82) is 0 Å². The number of anilines is 1. The van der Waals surface area contributed by atoms with Crippen LogP contribution in [0.2, 0.25) is 0 Å². The van der Waals surface area contributed by atoms with Gasteiger partial charge in [-0.05, 0) is 37.3 Å². The first-order valence-electron chi connectivity index (χ1n) is 8.75. The molecular formula is C19H20BrNO5. The number of benzene rings is 1. The van der Waals surface area contributed by atoms with Crippen LogP contribution in [0.3, 0.4) is 0 Å². The van der Waals surface area contributed by atoms with Crippen LogP contribution in [-0.4, -0.2) is 35.4 Å². The number of fused-ring (bicyclic) bond motifs is 1. The van der Waals surface area contributed by atoms with Crippen LogP contribution in [-0.2, 0) is 23.9 Å². The van der Waals surface area contributed by atoms with E-state index in [0.717, 1.165) is 23.2 Å². The highest BCUT2D eigenvalue weighted by Gasteiger charge is 2.68. The molecule has 1 aromatic rings. The Morgan fingerprint density at radius 2 is 1.96 bits per heavy atom. The third-order valence-electron chi connectivity index (χ3n) is 5.89. The number of halogens is 1. The lowest BCUT2D eigenvalue weighted by molar-refractivity contribution is -0.157. The van der Waals surface area contributed by atoms with Crippen LogP contribution < -0.4 is 5.32 Å². The summed E-state index contributed by atoms with van der Waals surface area (Å²) in [6.45, 7) is 3.45. The Bertz CT molecular complexity index is 774. The molecule has 2 bridgehead atoms. The van der Waals surface area contributed by atoms with Crippen molar-refractivity contribution in [2.24, 2.45) is 23.7 Å². The van der Waals surface area contributed by atoms with E-state index in [1.54, 1.807) is 0 Å². The first-order chi connectivity index (χ1) is 12.4. The molecular weight excluding hydrogens is 402 g/mol. The molecule has 0 spiro atoms. The number of carbonyl (C=O) groups excluding carboxylic acids is 3. The Balaban J connectivity index is 1.39. The van der Waals surface area contributed by atoms with Crippen molar-refractivity contribution in [2.45, 2.75) is 31.2 Å². The van der Waals surface area contributed by atoms with E-state index in [0.29, 0.717) is 0 Å². The minimum Gasteiger partial charge on any atom is -0.461 e. The van der Waals surface area contributed by atoms with Crippen molar-refractivity contribution in [1.82, 2.24) is 0 Å². The number of ether oxygens (including phenoxy) is 2. The molecule has 1 aliphatic heterocycles. The quantitative estimate of drug-likeness (QED) is 0.595. The van der Waals surface area contributed by atoms with E-state index in [1.807, 2.05) is 32.0 Å². The smallest absolute Gasteiger partial charge is 0.310 e. The predicted octanol–water partition coefficient (Wildman–Crippen LogP) is 2.36. The zero-order valence-electron chi connectivity index (χ0n) is 14.5. The molecule has 1 saturated heterocycles. The second-order valence-electron chi connectivity index (χ2n) is 7.38. The summed E-state index contributed by atoms with van der Waals surface area (Å²) < 4.78 is 10.6. The van der Waals surface area contributed by atoms with Crippen molar-refractivity contribution in [3.63, 3.8) is 0 Å². The SMILES string of the molecule is Cc1cccc(C)c1NC(=O)COC(=O)[C@@H]1[C@H]2C[C@H]3[C@H](OC(=O)[C@@H]31)[C@@H]2Br. The Kier molecular flexibility index (Phi) is 4.29. The number of esters is 2. The van der Waals surface area contributed by atoms with Gasteiger partial charge in [0.1, 0.15) is 6.10 Å². The number of nitrogens with one attached hydrogen (secondary N) is 1. The molecule has 0 unspecified atom stereocenters. The van der Waals surface area contributed by atoms with Gasteiger partial charge in [-0.25, -0.2) is 0 Å². The average Bonchev–Trinajstić information content (AvgIpc) is 3.20. The first-order valence-corrected chi connectivity index (χ1v) is 9.67. The number of aryl methyl sites for hydroxylation is 2. The molecule has 6 nitrogen and oxygen atoms in total. The van der Waals surface area contributed by atoms with Gasteiger partial charge in [0.05, 0.1) is 16.7 Å². The average molecular weight is 422 g/mol. The fourth-order valence-electron chi connectivity index (χ4n) is 4.71. The highest BCUT2D eigenvalue weighted by Crippen LogP contribution is 2.60. The van der Waals surface area contributed by atoms with E-state index in [-0.39, 0.29) is 41.3 Å². The van der Waals surface area contributed by atoms with Crippen molar-refractivity contribution in [3.8, 4) is 0 Å². The molecule has 26 heavy (non-hydrogen) atoms. The molecule has 2 saturated carbocycles. The molecule has 138 valence electrons. The van der Waals surface area contributed by atoms with Crippen LogP contribution in [0.4, 0.5) is 5.69 Å². The summed E-state index contributed by atoms with van der Waals surface area (Å²) >= 11 is 3.56. The number of amides is 1. The monoisotopic (exact) mass is 421 g/mol. The maximum Gasteiger partial charge on any atom is 0.310 e. The molecule has 0 radical (unpaired) electrons. The van der Waals surface area contributed by atoms with Crippen molar-refractivity contribution >= 4 is 39.5 Å². The number of alkyl halides is 1. The van der Waals surface area contributed by atoms with Crippen LogP contribution in [0.25, 0.3) is 0 Å². The van der Waals surface area contributed by atoms with Crippen LogP contribution in [0.15, 0.2) is 18.2 Å². The highest BCUT2D eigenvalue weighted by atomic mass is 79.9. The van der Waals surface area contributed by atoms with Gasteiger partial charge in [0.25, 0.3) is 5.91 Å². The normalized spacial score (nSPS) is 33.9. The van der Waals surface area contributed by atoms with Gasteiger partial charge >= 0.3 is 11.9 Å². The minimum atomic E-state index is -0.524. The fraction of sp³-hybridized carbons (Fsp3) is 0.526. The molecule has 6 atom stereocenters. The Morgan fingerprint density at radius 1 is 1.27 bits per heavy atom. The lowest BCUT2D eigenvalue weighted by Gasteiger charge is -2.26. The van der Waals surface area contributed by atoms with E-state index in [9.17, 15) is 14.4 Å². The summed E-state index contributed by atoms with van der Waals surface area (Å²) in [4.78, 5) is 36.8. The molecule has 7 heteroatoms. The summed E-state index contributed by atoms with van der Waals surface area (Å²) in [6.07, 6.45) is 0.652. The summed E-state index contributed by atoms with van der Waals surface area (Å²) in [5.41, 5.74) is 2.62.